The topological polar surface area (TPSA) is 72.3 Å². The fourth-order valence-corrected chi connectivity index (χ4v) is 6.36. The highest BCUT2D eigenvalue weighted by Crippen LogP contribution is 2.38. The van der Waals surface area contributed by atoms with Crippen molar-refractivity contribution in [2.24, 2.45) is 0 Å². The van der Waals surface area contributed by atoms with E-state index in [-0.39, 0.29) is 30.1 Å². The SMILES string of the molecule is O=C1CCN(S(=O)(=O)c2ccc(-n3cccn3)cc2)C(C(c2ccc(F)cc2)c2ccc(F)cc2)C1. The Morgan fingerprint density at radius 2 is 1.44 bits per heavy atom. The number of halogens is 2. The summed E-state index contributed by atoms with van der Waals surface area (Å²) in [4.78, 5) is 12.7. The van der Waals surface area contributed by atoms with Crippen LogP contribution < -0.4 is 0 Å². The molecule has 1 saturated heterocycles. The summed E-state index contributed by atoms with van der Waals surface area (Å²) in [6, 6.07) is 18.9. The molecule has 0 bridgehead atoms. The van der Waals surface area contributed by atoms with Gasteiger partial charge >= 0.3 is 0 Å². The number of benzene rings is 3. The lowest BCUT2D eigenvalue weighted by Crippen LogP contribution is -2.49. The van der Waals surface area contributed by atoms with Crippen LogP contribution in [0.1, 0.15) is 29.9 Å². The second kappa shape index (κ2) is 9.75. The van der Waals surface area contributed by atoms with E-state index in [1.807, 2.05) is 0 Å². The molecule has 0 N–H and O–H groups in total. The molecule has 9 heteroatoms. The Labute approximate surface area is 207 Å². The van der Waals surface area contributed by atoms with Gasteiger partial charge in [0.1, 0.15) is 17.4 Å². The van der Waals surface area contributed by atoms with Crippen molar-refractivity contribution >= 4 is 15.8 Å². The van der Waals surface area contributed by atoms with E-state index in [2.05, 4.69) is 5.10 Å². The molecule has 36 heavy (non-hydrogen) atoms. The summed E-state index contributed by atoms with van der Waals surface area (Å²) >= 11 is 0. The second-order valence-electron chi connectivity index (χ2n) is 8.70. The van der Waals surface area contributed by atoms with Crippen molar-refractivity contribution in [2.75, 3.05) is 6.54 Å². The normalized spacial score (nSPS) is 17.0. The Morgan fingerprint density at radius 3 is 1.97 bits per heavy atom. The highest BCUT2D eigenvalue weighted by Gasteiger charge is 2.41. The maximum atomic E-state index is 13.8. The van der Waals surface area contributed by atoms with Gasteiger partial charge in [0.25, 0.3) is 0 Å². The first-order valence-electron chi connectivity index (χ1n) is 11.5. The number of hydrogen-bond acceptors (Lipinski definition) is 4. The quantitative estimate of drug-likeness (QED) is 0.379. The Bertz CT molecular complexity index is 1410. The fourth-order valence-electron chi connectivity index (χ4n) is 4.73. The number of nitrogens with zero attached hydrogens (tertiary/aromatic N) is 3. The molecule has 1 aromatic heterocycles. The predicted octanol–water partition coefficient (Wildman–Crippen LogP) is 4.70. The minimum atomic E-state index is -3.99. The van der Waals surface area contributed by atoms with E-state index in [0.29, 0.717) is 16.8 Å². The maximum absolute atomic E-state index is 13.8. The molecule has 0 saturated carbocycles. The molecule has 0 amide bonds. The average Bonchev–Trinajstić information content (AvgIpc) is 3.42. The molecule has 0 aliphatic carbocycles. The molecule has 6 nitrogen and oxygen atoms in total. The van der Waals surface area contributed by atoms with Crippen molar-refractivity contribution in [3.05, 3.63) is 114 Å². The van der Waals surface area contributed by atoms with Crippen molar-refractivity contribution < 1.29 is 22.0 Å². The van der Waals surface area contributed by atoms with Crippen LogP contribution in [-0.4, -0.2) is 40.9 Å². The molecule has 184 valence electrons. The lowest BCUT2D eigenvalue weighted by Gasteiger charge is -2.39. The van der Waals surface area contributed by atoms with Crippen LogP contribution in [0.5, 0.6) is 0 Å². The first-order chi connectivity index (χ1) is 17.3. The summed E-state index contributed by atoms with van der Waals surface area (Å²) in [6.45, 7) is 0.0195. The Hall–Kier alpha value is -3.69. The number of Topliss-reactive ketones (excluding diaryl/α,β-unsaturated/α-hetero) is 1. The highest BCUT2D eigenvalue weighted by atomic mass is 32.2. The lowest BCUT2D eigenvalue weighted by atomic mass is 9.81. The average molecular weight is 508 g/mol. The van der Waals surface area contributed by atoms with Gasteiger partial charge in [-0.1, -0.05) is 24.3 Å². The Morgan fingerprint density at radius 1 is 0.861 bits per heavy atom. The van der Waals surface area contributed by atoms with Crippen LogP contribution in [0.2, 0.25) is 0 Å². The third-order valence-electron chi connectivity index (χ3n) is 6.47. The Kier molecular flexibility index (Phi) is 6.51. The van der Waals surface area contributed by atoms with Crippen molar-refractivity contribution in [1.82, 2.24) is 14.1 Å². The van der Waals surface area contributed by atoms with Gasteiger partial charge in [-0.25, -0.2) is 21.9 Å². The summed E-state index contributed by atoms with van der Waals surface area (Å²) < 4.78 is 58.1. The first kappa shape index (κ1) is 24.0. The minimum Gasteiger partial charge on any atom is -0.300 e. The third-order valence-corrected chi connectivity index (χ3v) is 8.41. The lowest BCUT2D eigenvalue weighted by molar-refractivity contribution is -0.122. The van der Waals surface area contributed by atoms with Crippen molar-refractivity contribution in [3.63, 3.8) is 0 Å². The van der Waals surface area contributed by atoms with Gasteiger partial charge < -0.3 is 0 Å². The molecular formula is C27H23F2N3O3S. The number of carbonyl (C=O) groups is 1. The van der Waals surface area contributed by atoms with Gasteiger partial charge in [0.2, 0.25) is 10.0 Å². The molecule has 4 aromatic rings. The predicted molar refractivity (Wildman–Crippen MR) is 130 cm³/mol. The maximum Gasteiger partial charge on any atom is 0.243 e. The number of sulfonamides is 1. The fraction of sp³-hybridized carbons (Fsp3) is 0.185. The van der Waals surface area contributed by atoms with Crippen molar-refractivity contribution in [3.8, 4) is 5.69 Å². The minimum absolute atomic E-state index is 0.00990. The standard InChI is InChI=1S/C27H23F2N3O3S/c28-21-6-2-19(3-7-21)27(20-4-8-22(29)9-5-20)26-18-24(33)14-17-32(26)36(34,35)25-12-10-23(11-13-25)31-16-1-15-30-31/h1-13,15-16,26-27H,14,17-18H2. The van der Waals surface area contributed by atoms with E-state index in [9.17, 15) is 22.0 Å². The zero-order chi connectivity index (χ0) is 25.3. The number of ketones is 1. The van der Waals surface area contributed by atoms with E-state index in [4.69, 9.17) is 0 Å². The number of rotatable bonds is 6. The van der Waals surface area contributed by atoms with Crippen LogP contribution in [0.3, 0.4) is 0 Å². The van der Waals surface area contributed by atoms with Crippen LogP contribution in [-0.2, 0) is 14.8 Å². The van der Waals surface area contributed by atoms with Crippen molar-refractivity contribution in [2.45, 2.75) is 29.7 Å². The van der Waals surface area contributed by atoms with Crippen LogP contribution in [0, 0.1) is 11.6 Å². The zero-order valence-electron chi connectivity index (χ0n) is 19.2. The number of hydrogen-bond donors (Lipinski definition) is 0. The number of carbonyl (C=O) groups excluding carboxylic acids is 1. The van der Waals surface area contributed by atoms with Crippen LogP contribution in [0.25, 0.3) is 5.69 Å². The van der Waals surface area contributed by atoms with E-state index >= 15 is 0 Å². The first-order valence-corrected chi connectivity index (χ1v) is 12.9. The summed E-state index contributed by atoms with van der Waals surface area (Å²) in [5.74, 6) is -1.53. The molecule has 0 spiro atoms. The van der Waals surface area contributed by atoms with Crippen LogP contribution in [0.4, 0.5) is 8.78 Å². The van der Waals surface area contributed by atoms with Gasteiger partial charge in [-0.2, -0.15) is 9.40 Å². The highest BCUT2D eigenvalue weighted by molar-refractivity contribution is 7.89. The molecular weight excluding hydrogens is 484 g/mol. The second-order valence-corrected chi connectivity index (χ2v) is 10.6. The van der Waals surface area contributed by atoms with E-state index in [1.54, 1.807) is 59.5 Å². The monoisotopic (exact) mass is 507 g/mol. The van der Waals surface area contributed by atoms with E-state index in [0.717, 1.165) is 0 Å². The van der Waals surface area contributed by atoms with Crippen LogP contribution >= 0.6 is 0 Å². The van der Waals surface area contributed by atoms with Gasteiger partial charge in [-0.3, -0.25) is 4.79 Å². The van der Waals surface area contributed by atoms with E-state index < -0.39 is 33.6 Å². The smallest absolute Gasteiger partial charge is 0.243 e. The summed E-state index contributed by atoms with van der Waals surface area (Å²) in [7, 11) is -3.99. The number of piperidine rings is 1. The summed E-state index contributed by atoms with van der Waals surface area (Å²) in [5.41, 5.74) is 1.98. The molecule has 1 aliphatic heterocycles. The molecule has 1 atom stereocenters. The largest absolute Gasteiger partial charge is 0.300 e. The zero-order valence-corrected chi connectivity index (χ0v) is 20.0. The number of aromatic nitrogens is 2. The van der Waals surface area contributed by atoms with Crippen LogP contribution in [0.15, 0.2) is 96.2 Å². The molecule has 2 heterocycles. The molecule has 1 unspecified atom stereocenters. The van der Waals surface area contributed by atoms with Gasteiger partial charge in [0.15, 0.2) is 0 Å². The molecule has 1 aliphatic rings. The van der Waals surface area contributed by atoms with E-state index in [1.165, 1.54) is 40.7 Å². The summed E-state index contributed by atoms with van der Waals surface area (Å²) in [6.07, 6.45) is 3.47. The molecule has 0 radical (unpaired) electrons. The molecule has 3 aromatic carbocycles. The molecule has 1 fully saturated rings. The third kappa shape index (κ3) is 4.72. The molecule has 5 rings (SSSR count). The van der Waals surface area contributed by atoms with Gasteiger partial charge in [-0.05, 0) is 65.7 Å². The van der Waals surface area contributed by atoms with Gasteiger partial charge in [-0.15, -0.1) is 0 Å². The van der Waals surface area contributed by atoms with Gasteiger partial charge in [0.05, 0.1) is 10.6 Å². The summed E-state index contributed by atoms with van der Waals surface area (Å²) in [5, 5.41) is 4.16. The van der Waals surface area contributed by atoms with Crippen molar-refractivity contribution in [1.29, 1.82) is 0 Å². The van der Waals surface area contributed by atoms with Gasteiger partial charge in [0, 0.05) is 43.7 Å². The Balaban J connectivity index is 1.57.